The summed E-state index contributed by atoms with van der Waals surface area (Å²) in [5, 5.41) is 28.0. The smallest absolute Gasteiger partial charge is 0.194 e. The van der Waals surface area contributed by atoms with Crippen LogP contribution < -0.4 is 0 Å². The molecule has 5 nitrogen and oxygen atoms in total. The average molecular weight is 192 g/mol. The van der Waals surface area contributed by atoms with Gasteiger partial charge in [-0.25, -0.2) is 0 Å². The molecule has 0 unspecified atom stereocenters. The summed E-state index contributed by atoms with van der Waals surface area (Å²) in [6.45, 7) is 3.64. The van der Waals surface area contributed by atoms with Gasteiger partial charge >= 0.3 is 0 Å². The van der Waals surface area contributed by atoms with Gasteiger partial charge in [0.25, 0.3) is 0 Å². The fourth-order valence-electron chi connectivity index (χ4n) is 1.37. The monoisotopic (exact) mass is 192 g/mol. The Morgan fingerprint density at radius 1 is 1.46 bits per heavy atom. The van der Waals surface area contributed by atoms with Crippen LogP contribution in [0, 0.1) is 0 Å². The molecule has 1 aliphatic rings. The summed E-state index contributed by atoms with van der Waals surface area (Å²) in [6, 6.07) is 0. The number of hydrogen-bond donors (Lipinski definition) is 3. The molecule has 1 saturated heterocycles. The highest BCUT2D eigenvalue weighted by molar-refractivity contribution is 4.89. The van der Waals surface area contributed by atoms with E-state index < -0.39 is 24.1 Å². The summed E-state index contributed by atoms with van der Waals surface area (Å²) in [5.41, 5.74) is 0. The largest absolute Gasteiger partial charge is 0.388 e. The number of aliphatic hydroxyl groups excluding tert-OH is 3. The fourth-order valence-corrected chi connectivity index (χ4v) is 1.37. The van der Waals surface area contributed by atoms with Gasteiger partial charge in [-0.05, 0) is 13.8 Å². The quantitative estimate of drug-likeness (QED) is 0.515. The third-order valence-electron chi connectivity index (χ3n) is 2.23. The summed E-state index contributed by atoms with van der Waals surface area (Å²) in [7, 11) is 0. The lowest BCUT2D eigenvalue weighted by atomic mass is 9.98. The molecule has 13 heavy (non-hydrogen) atoms. The number of ether oxygens (including phenoxy) is 2. The van der Waals surface area contributed by atoms with Gasteiger partial charge in [0.15, 0.2) is 5.79 Å². The summed E-state index contributed by atoms with van der Waals surface area (Å²) in [4.78, 5) is 0. The Labute approximate surface area is 76.9 Å². The summed E-state index contributed by atoms with van der Waals surface area (Å²) < 4.78 is 10.3. The minimum atomic E-state index is -1.23. The third-order valence-corrected chi connectivity index (χ3v) is 2.23. The van der Waals surface area contributed by atoms with Crippen LogP contribution in [0.25, 0.3) is 0 Å². The second-order valence-corrected chi connectivity index (χ2v) is 3.26. The Morgan fingerprint density at radius 3 is 2.62 bits per heavy atom. The minimum Gasteiger partial charge on any atom is -0.388 e. The molecular formula is C8H16O5. The first kappa shape index (κ1) is 10.9. The van der Waals surface area contributed by atoms with Crippen molar-refractivity contribution in [3.63, 3.8) is 0 Å². The second-order valence-electron chi connectivity index (χ2n) is 3.26. The van der Waals surface area contributed by atoms with E-state index in [9.17, 15) is 10.2 Å². The average Bonchev–Trinajstić information content (AvgIpc) is 2.10. The highest BCUT2D eigenvalue weighted by Crippen LogP contribution is 2.26. The maximum atomic E-state index is 9.54. The molecule has 0 aromatic carbocycles. The van der Waals surface area contributed by atoms with Gasteiger partial charge in [-0.2, -0.15) is 0 Å². The Bertz CT molecular complexity index is 174. The molecule has 0 spiro atoms. The van der Waals surface area contributed by atoms with Crippen molar-refractivity contribution in [2.45, 2.75) is 37.9 Å². The highest BCUT2D eigenvalue weighted by atomic mass is 16.7. The zero-order chi connectivity index (χ0) is 10.1. The Morgan fingerprint density at radius 2 is 2.08 bits per heavy atom. The lowest BCUT2D eigenvalue weighted by Crippen LogP contribution is -2.60. The zero-order valence-corrected chi connectivity index (χ0v) is 7.80. The second kappa shape index (κ2) is 3.89. The molecular weight excluding hydrogens is 176 g/mol. The lowest BCUT2D eigenvalue weighted by Gasteiger charge is -2.42. The summed E-state index contributed by atoms with van der Waals surface area (Å²) in [5.74, 6) is -1.21. The molecule has 78 valence electrons. The van der Waals surface area contributed by atoms with Crippen LogP contribution >= 0.6 is 0 Å². The van der Waals surface area contributed by atoms with Gasteiger partial charge in [-0.1, -0.05) is 0 Å². The SMILES string of the molecule is CCO[C@]1(C)OC[C@H](O)[C@@H](O)[C@@H]1O. The molecule has 0 aromatic heterocycles. The van der Waals surface area contributed by atoms with Crippen molar-refractivity contribution >= 4 is 0 Å². The van der Waals surface area contributed by atoms with Crippen molar-refractivity contribution in [2.75, 3.05) is 13.2 Å². The molecule has 5 heteroatoms. The van der Waals surface area contributed by atoms with E-state index >= 15 is 0 Å². The molecule has 1 fully saturated rings. The van der Waals surface area contributed by atoms with E-state index in [2.05, 4.69) is 0 Å². The minimum absolute atomic E-state index is 0.0330. The van der Waals surface area contributed by atoms with Crippen LogP contribution in [-0.4, -0.2) is 52.6 Å². The third kappa shape index (κ3) is 2.00. The molecule has 1 heterocycles. The predicted octanol–water partition coefficient (Wildman–Crippen LogP) is -1.15. The van der Waals surface area contributed by atoms with Crippen LogP contribution in [0.2, 0.25) is 0 Å². The Kier molecular flexibility index (Phi) is 3.26. The van der Waals surface area contributed by atoms with Crippen molar-refractivity contribution < 1.29 is 24.8 Å². The van der Waals surface area contributed by atoms with Crippen LogP contribution in [0.3, 0.4) is 0 Å². The molecule has 0 saturated carbocycles. The standard InChI is InChI=1S/C8H16O5/c1-3-12-8(2)7(11)6(10)5(9)4-13-8/h5-7,9-11H,3-4H2,1-2H3/t5-,6+,7-,8+/m0/s1. The van der Waals surface area contributed by atoms with Crippen molar-refractivity contribution in [1.29, 1.82) is 0 Å². The highest BCUT2D eigenvalue weighted by Gasteiger charge is 2.46. The molecule has 0 aliphatic carbocycles. The van der Waals surface area contributed by atoms with Crippen molar-refractivity contribution in [2.24, 2.45) is 0 Å². The molecule has 0 aromatic rings. The normalized spacial score (nSPS) is 46.4. The van der Waals surface area contributed by atoms with E-state index in [4.69, 9.17) is 14.6 Å². The van der Waals surface area contributed by atoms with Crippen LogP contribution in [0.15, 0.2) is 0 Å². The van der Waals surface area contributed by atoms with E-state index in [-0.39, 0.29) is 6.61 Å². The fraction of sp³-hybridized carbons (Fsp3) is 1.00. The van der Waals surface area contributed by atoms with E-state index in [0.29, 0.717) is 6.61 Å². The van der Waals surface area contributed by atoms with Crippen molar-refractivity contribution in [3.8, 4) is 0 Å². The molecule has 0 bridgehead atoms. The molecule has 4 atom stereocenters. The van der Waals surface area contributed by atoms with E-state index in [1.807, 2.05) is 0 Å². The molecule has 1 rings (SSSR count). The molecule has 0 amide bonds. The number of aliphatic hydroxyl groups is 3. The Hall–Kier alpha value is -0.200. The van der Waals surface area contributed by atoms with E-state index in [0.717, 1.165) is 0 Å². The molecule has 3 N–H and O–H groups in total. The van der Waals surface area contributed by atoms with Gasteiger partial charge in [0.2, 0.25) is 0 Å². The topological polar surface area (TPSA) is 79.2 Å². The first-order chi connectivity index (χ1) is 6.01. The van der Waals surface area contributed by atoms with Crippen molar-refractivity contribution in [3.05, 3.63) is 0 Å². The van der Waals surface area contributed by atoms with Gasteiger partial charge in [0.05, 0.1) is 6.61 Å². The van der Waals surface area contributed by atoms with Crippen LogP contribution in [0.5, 0.6) is 0 Å². The van der Waals surface area contributed by atoms with Crippen LogP contribution in [-0.2, 0) is 9.47 Å². The summed E-state index contributed by atoms with van der Waals surface area (Å²) in [6.07, 6.45) is -3.50. The van der Waals surface area contributed by atoms with Crippen LogP contribution in [0.1, 0.15) is 13.8 Å². The van der Waals surface area contributed by atoms with E-state index in [1.165, 1.54) is 6.92 Å². The first-order valence-electron chi connectivity index (χ1n) is 4.33. The molecule has 1 aliphatic heterocycles. The molecule has 0 radical (unpaired) electrons. The van der Waals surface area contributed by atoms with Crippen molar-refractivity contribution in [1.82, 2.24) is 0 Å². The van der Waals surface area contributed by atoms with Gasteiger partial charge in [0, 0.05) is 6.61 Å². The summed E-state index contributed by atoms with van der Waals surface area (Å²) >= 11 is 0. The van der Waals surface area contributed by atoms with Gasteiger partial charge in [0.1, 0.15) is 18.3 Å². The lowest BCUT2D eigenvalue weighted by molar-refractivity contribution is -0.329. The predicted molar refractivity (Wildman–Crippen MR) is 44.0 cm³/mol. The Balaban J connectivity index is 2.67. The number of rotatable bonds is 2. The van der Waals surface area contributed by atoms with Gasteiger partial charge < -0.3 is 24.8 Å². The maximum Gasteiger partial charge on any atom is 0.194 e. The van der Waals surface area contributed by atoms with Crippen LogP contribution in [0.4, 0.5) is 0 Å². The van der Waals surface area contributed by atoms with Gasteiger partial charge in [-0.3, -0.25) is 0 Å². The van der Waals surface area contributed by atoms with Gasteiger partial charge in [-0.15, -0.1) is 0 Å². The first-order valence-corrected chi connectivity index (χ1v) is 4.33. The number of hydrogen-bond acceptors (Lipinski definition) is 5. The maximum absolute atomic E-state index is 9.54. The zero-order valence-electron chi connectivity index (χ0n) is 7.80. The van der Waals surface area contributed by atoms with E-state index in [1.54, 1.807) is 6.92 Å².